The van der Waals surface area contributed by atoms with Gasteiger partial charge in [-0.3, -0.25) is 19.3 Å². The van der Waals surface area contributed by atoms with Crippen molar-refractivity contribution in [2.24, 2.45) is 5.92 Å². The summed E-state index contributed by atoms with van der Waals surface area (Å²) >= 11 is 0. The molecule has 0 bridgehead atoms. The van der Waals surface area contributed by atoms with Crippen LogP contribution in [0.5, 0.6) is 0 Å². The van der Waals surface area contributed by atoms with E-state index in [1.54, 1.807) is 11.9 Å². The van der Waals surface area contributed by atoms with E-state index in [4.69, 9.17) is 4.74 Å². The van der Waals surface area contributed by atoms with Crippen molar-refractivity contribution in [3.8, 4) is 11.1 Å². The van der Waals surface area contributed by atoms with Gasteiger partial charge in [-0.1, -0.05) is 92.8 Å². The van der Waals surface area contributed by atoms with E-state index in [1.165, 1.54) is 16.8 Å². The molecule has 9 heteroatoms. The highest BCUT2D eigenvalue weighted by Gasteiger charge is 2.40. The average molecular weight is 602 g/mol. The number of ether oxygens (including phenoxy) is 1. The Morgan fingerprint density at radius 3 is 2.23 bits per heavy atom. The minimum Gasteiger partial charge on any atom is -0.480 e. The highest BCUT2D eigenvalue weighted by atomic mass is 16.6. The Balaban J connectivity index is 1.33. The number of amides is 3. The Kier molecular flexibility index (Phi) is 10.0. The summed E-state index contributed by atoms with van der Waals surface area (Å²) in [5.41, 5.74) is 4.48. The molecule has 0 unspecified atom stereocenters. The summed E-state index contributed by atoms with van der Waals surface area (Å²) in [6.45, 7) is 0.0137. The van der Waals surface area contributed by atoms with E-state index < -0.39 is 30.7 Å². The van der Waals surface area contributed by atoms with Crippen molar-refractivity contribution in [3.63, 3.8) is 0 Å². The molecule has 234 valence electrons. The van der Waals surface area contributed by atoms with E-state index in [2.05, 4.69) is 24.3 Å². The molecule has 2 aromatic rings. The topological polar surface area (TPSA) is 107 Å². The molecule has 1 aliphatic heterocycles. The number of fused-ring (bicyclic) bond motifs is 3. The molecule has 1 fully saturated rings. The molecule has 1 saturated carbocycles. The van der Waals surface area contributed by atoms with Gasteiger partial charge in [-0.2, -0.15) is 0 Å². The summed E-state index contributed by atoms with van der Waals surface area (Å²) in [5.74, 6) is -1.62. The minimum atomic E-state index is -1.10. The minimum absolute atomic E-state index is 0.105. The third kappa shape index (κ3) is 6.82. The van der Waals surface area contributed by atoms with Crippen LogP contribution in [-0.2, 0) is 19.1 Å². The number of aliphatic carboxylic acids is 1. The summed E-state index contributed by atoms with van der Waals surface area (Å²) in [6, 6.07) is 14.6. The highest BCUT2D eigenvalue weighted by molar-refractivity contribution is 5.92. The highest BCUT2D eigenvalue weighted by Crippen LogP contribution is 2.44. The molecule has 0 saturated heterocycles. The maximum atomic E-state index is 14.2. The monoisotopic (exact) mass is 601 g/mol. The van der Waals surface area contributed by atoms with Crippen molar-refractivity contribution in [1.29, 1.82) is 0 Å². The summed E-state index contributed by atoms with van der Waals surface area (Å²) in [6.07, 6.45) is 9.93. The van der Waals surface area contributed by atoms with Gasteiger partial charge in [0, 0.05) is 26.6 Å². The van der Waals surface area contributed by atoms with Gasteiger partial charge in [0.25, 0.3) is 0 Å². The zero-order chi connectivity index (χ0) is 31.2. The number of hydrogen-bond acceptors (Lipinski definition) is 5. The Bertz CT molecular complexity index is 1350. The molecule has 0 aromatic heterocycles. The summed E-state index contributed by atoms with van der Waals surface area (Å²) in [7, 11) is 3.04. The van der Waals surface area contributed by atoms with E-state index in [1.807, 2.05) is 36.4 Å². The van der Waals surface area contributed by atoms with Crippen LogP contribution >= 0.6 is 0 Å². The van der Waals surface area contributed by atoms with Gasteiger partial charge in [0.05, 0.1) is 0 Å². The first-order valence-electron chi connectivity index (χ1n) is 15.8. The Morgan fingerprint density at radius 2 is 1.59 bits per heavy atom. The number of carboxylic acid groups (broad SMARTS) is 1. The van der Waals surface area contributed by atoms with Crippen LogP contribution in [0.4, 0.5) is 4.79 Å². The van der Waals surface area contributed by atoms with Gasteiger partial charge in [0.2, 0.25) is 11.8 Å². The maximum Gasteiger partial charge on any atom is 0.410 e. The molecule has 0 spiro atoms. The lowest BCUT2D eigenvalue weighted by Crippen LogP contribution is -2.57. The number of hydrogen-bond donors (Lipinski definition) is 1. The molecule has 5 rings (SSSR count). The number of carbonyl (C=O) groups is 4. The molecule has 0 radical (unpaired) electrons. The molecule has 2 aromatic carbocycles. The smallest absolute Gasteiger partial charge is 0.410 e. The lowest BCUT2D eigenvalue weighted by molar-refractivity contribution is -0.151. The Labute approximate surface area is 259 Å². The third-order valence-corrected chi connectivity index (χ3v) is 9.41. The summed E-state index contributed by atoms with van der Waals surface area (Å²) < 4.78 is 5.87. The van der Waals surface area contributed by atoms with Crippen molar-refractivity contribution in [2.45, 2.75) is 69.4 Å². The molecule has 44 heavy (non-hydrogen) atoms. The molecule has 3 amide bonds. The van der Waals surface area contributed by atoms with E-state index in [0.29, 0.717) is 25.8 Å². The SMILES string of the molecule is CN(CC(=O)O)C(=O)[C@H](CC1CCCCC1)N1CCC=CC[C@H](N(C)C(=O)OCC2c3ccccc3-c3ccccc32)C1=O. The number of benzene rings is 2. The molecular weight excluding hydrogens is 558 g/mol. The van der Waals surface area contributed by atoms with E-state index in [9.17, 15) is 24.3 Å². The predicted molar refractivity (Wildman–Crippen MR) is 167 cm³/mol. The van der Waals surface area contributed by atoms with E-state index >= 15 is 0 Å². The van der Waals surface area contributed by atoms with Gasteiger partial charge in [0.1, 0.15) is 25.2 Å². The fourth-order valence-corrected chi connectivity index (χ4v) is 7.05. The lowest BCUT2D eigenvalue weighted by atomic mass is 9.84. The fourth-order valence-electron chi connectivity index (χ4n) is 7.05. The van der Waals surface area contributed by atoms with E-state index in [-0.39, 0.29) is 30.3 Å². The van der Waals surface area contributed by atoms with Gasteiger partial charge >= 0.3 is 12.1 Å². The fraction of sp³-hybridized carbons (Fsp3) is 0.486. The first-order chi connectivity index (χ1) is 21.3. The van der Waals surface area contributed by atoms with Crippen molar-refractivity contribution >= 4 is 23.9 Å². The second-order valence-electron chi connectivity index (χ2n) is 12.3. The van der Waals surface area contributed by atoms with Gasteiger partial charge in [0.15, 0.2) is 0 Å². The van der Waals surface area contributed by atoms with Crippen LogP contribution in [0.2, 0.25) is 0 Å². The average Bonchev–Trinajstić information content (AvgIpc) is 3.34. The third-order valence-electron chi connectivity index (χ3n) is 9.41. The zero-order valence-corrected chi connectivity index (χ0v) is 25.7. The maximum absolute atomic E-state index is 14.2. The molecule has 2 aliphatic carbocycles. The van der Waals surface area contributed by atoms with Crippen molar-refractivity contribution < 1.29 is 29.0 Å². The van der Waals surface area contributed by atoms with Crippen LogP contribution in [0.1, 0.15) is 68.4 Å². The standard InChI is InChI=1S/C35H43N3O6/c1-36(22-32(39)40)33(41)31(21-24-13-5-3-6-14-24)38-20-12-4-7-19-30(34(38)42)37(2)35(43)44-23-29-27-17-10-8-15-25(27)26-16-9-11-18-28(26)29/h4,7-11,15-18,24,29-31H,3,5-6,12-14,19-23H2,1-2H3,(H,39,40)/t30-,31-/m0/s1. The van der Waals surface area contributed by atoms with E-state index in [0.717, 1.165) is 54.4 Å². The second kappa shape index (κ2) is 14.1. The van der Waals surface area contributed by atoms with Crippen LogP contribution in [0.25, 0.3) is 11.1 Å². The van der Waals surface area contributed by atoms with Crippen LogP contribution < -0.4 is 0 Å². The molecule has 1 N–H and O–H groups in total. The van der Waals surface area contributed by atoms with Crippen LogP contribution in [0.3, 0.4) is 0 Å². The largest absolute Gasteiger partial charge is 0.480 e. The molecule has 2 atom stereocenters. The van der Waals surface area contributed by atoms with Gasteiger partial charge in [-0.15, -0.1) is 0 Å². The first-order valence-corrected chi connectivity index (χ1v) is 15.8. The van der Waals surface area contributed by atoms with Crippen LogP contribution in [-0.4, -0.2) is 89.6 Å². The first kappa shape index (κ1) is 31.3. The van der Waals surface area contributed by atoms with Crippen LogP contribution in [0, 0.1) is 5.92 Å². The second-order valence-corrected chi connectivity index (χ2v) is 12.3. The summed E-state index contributed by atoms with van der Waals surface area (Å²) in [4.78, 5) is 57.0. The van der Waals surface area contributed by atoms with Crippen molar-refractivity contribution in [2.75, 3.05) is 33.8 Å². The Morgan fingerprint density at radius 1 is 0.955 bits per heavy atom. The van der Waals surface area contributed by atoms with Gasteiger partial charge in [-0.05, 0) is 47.4 Å². The normalized spacial score (nSPS) is 19.4. The van der Waals surface area contributed by atoms with Gasteiger partial charge < -0.3 is 19.6 Å². The predicted octanol–water partition coefficient (Wildman–Crippen LogP) is 5.30. The number of likely N-dealkylation sites (N-methyl/N-ethyl adjacent to an activating group) is 2. The Hall–Kier alpha value is -4.14. The van der Waals surface area contributed by atoms with Crippen LogP contribution in [0.15, 0.2) is 60.7 Å². The lowest BCUT2D eigenvalue weighted by Gasteiger charge is -2.39. The number of nitrogens with zero attached hydrogens (tertiary/aromatic N) is 3. The molecule has 3 aliphatic rings. The molecular formula is C35H43N3O6. The van der Waals surface area contributed by atoms with Crippen molar-refractivity contribution in [3.05, 3.63) is 71.8 Å². The zero-order valence-electron chi connectivity index (χ0n) is 25.7. The number of carboxylic acids is 1. The summed E-state index contributed by atoms with van der Waals surface area (Å²) in [5, 5.41) is 9.35. The number of rotatable bonds is 9. The quantitative estimate of drug-likeness (QED) is 0.391. The molecule has 9 nitrogen and oxygen atoms in total. The molecule has 1 heterocycles. The van der Waals surface area contributed by atoms with Crippen molar-refractivity contribution in [1.82, 2.24) is 14.7 Å². The number of carbonyl (C=O) groups excluding carboxylic acids is 3. The van der Waals surface area contributed by atoms with Gasteiger partial charge in [-0.25, -0.2) is 4.79 Å².